The summed E-state index contributed by atoms with van der Waals surface area (Å²) in [6.45, 7) is 0. The molecule has 0 N–H and O–H groups in total. The second kappa shape index (κ2) is 1.04. The van der Waals surface area contributed by atoms with Gasteiger partial charge in [0, 0.05) is 9.79 Å². The zero-order valence-electron chi connectivity index (χ0n) is 3.72. The summed E-state index contributed by atoms with van der Waals surface area (Å²) in [5, 5.41) is 0. The SMILES string of the molecule is c1ccc2c(c1)S2. The third kappa shape index (κ3) is 0.449. The normalized spacial score (nSPS) is 13.1. The van der Waals surface area contributed by atoms with Crippen LogP contribution in [0.25, 0.3) is 0 Å². The average molecular weight is 108 g/mol. The molecule has 1 heterocycles. The minimum absolute atomic E-state index is 1.45. The third-order valence-electron chi connectivity index (χ3n) is 1.03. The predicted molar refractivity (Wildman–Crippen MR) is 30.6 cm³/mol. The maximum absolute atomic E-state index is 2.14. The van der Waals surface area contributed by atoms with E-state index in [0.717, 1.165) is 0 Å². The van der Waals surface area contributed by atoms with E-state index in [-0.39, 0.29) is 0 Å². The lowest BCUT2D eigenvalue weighted by Gasteiger charge is -1.66. The van der Waals surface area contributed by atoms with Crippen LogP contribution in [-0.2, 0) is 0 Å². The molecule has 0 nitrogen and oxygen atoms in total. The van der Waals surface area contributed by atoms with Crippen molar-refractivity contribution in [2.45, 2.75) is 9.79 Å². The molecule has 34 valence electrons. The molecule has 0 saturated carbocycles. The molecule has 0 radical (unpaired) electrons. The van der Waals surface area contributed by atoms with Crippen LogP contribution in [-0.4, -0.2) is 0 Å². The minimum atomic E-state index is 1.45. The van der Waals surface area contributed by atoms with E-state index in [9.17, 15) is 0 Å². The van der Waals surface area contributed by atoms with Gasteiger partial charge in [-0.3, -0.25) is 0 Å². The van der Waals surface area contributed by atoms with E-state index < -0.39 is 0 Å². The molecule has 0 unspecified atom stereocenters. The van der Waals surface area contributed by atoms with Crippen molar-refractivity contribution in [1.29, 1.82) is 0 Å². The van der Waals surface area contributed by atoms with Gasteiger partial charge in [-0.1, -0.05) is 23.9 Å². The predicted octanol–water partition coefficient (Wildman–Crippen LogP) is 2.15. The van der Waals surface area contributed by atoms with Crippen LogP contribution in [0.3, 0.4) is 0 Å². The van der Waals surface area contributed by atoms with Gasteiger partial charge in [0.15, 0.2) is 0 Å². The van der Waals surface area contributed by atoms with E-state index >= 15 is 0 Å². The standard InChI is InChI=1S/C6H4S/c1-2-4-6-5(3-1)7-6/h1-4H. The molecule has 0 bridgehead atoms. The Hall–Kier alpha value is -0.430. The lowest BCUT2D eigenvalue weighted by molar-refractivity contribution is 1.38. The van der Waals surface area contributed by atoms with Crippen molar-refractivity contribution in [2.24, 2.45) is 0 Å². The highest BCUT2D eigenvalue weighted by molar-refractivity contribution is 8.04. The zero-order chi connectivity index (χ0) is 4.69. The Labute approximate surface area is 46.5 Å². The lowest BCUT2D eigenvalue weighted by Crippen LogP contribution is -1.46. The Bertz CT molecular complexity index is 172. The van der Waals surface area contributed by atoms with Crippen molar-refractivity contribution in [1.82, 2.24) is 0 Å². The van der Waals surface area contributed by atoms with Crippen LogP contribution in [0.4, 0.5) is 0 Å². The highest BCUT2D eigenvalue weighted by Gasteiger charge is 2.14. The molecule has 0 saturated heterocycles. The molecule has 1 aliphatic heterocycles. The van der Waals surface area contributed by atoms with Crippen LogP contribution >= 0.6 is 11.8 Å². The van der Waals surface area contributed by atoms with E-state index in [4.69, 9.17) is 0 Å². The molecular formula is C6H4S. The van der Waals surface area contributed by atoms with Gasteiger partial charge < -0.3 is 0 Å². The number of benzene rings is 1. The molecule has 0 fully saturated rings. The lowest BCUT2D eigenvalue weighted by atomic mass is 10.4. The first-order valence-corrected chi connectivity index (χ1v) is 3.05. The molecule has 1 aromatic rings. The van der Waals surface area contributed by atoms with Crippen LogP contribution in [0.2, 0.25) is 0 Å². The van der Waals surface area contributed by atoms with Gasteiger partial charge in [0.2, 0.25) is 0 Å². The monoisotopic (exact) mass is 108 g/mol. The fourth-order valence-electron chi connectivity index (χ4n) is 0.611. The number of fused-ring (bicyclic) bond motifs is 1. The summed E-state index contributed by atoms with van der Waals surface area (Å²) in [7, 11) is 0. The quantitative estimate of drug-likeness (QED) is 0.466. The molecule has 0 atom stereocenters. The van der Waals surface area contributed by atoms with E-state index in [1.807, 2.05) is 11.8 Å². The topological polar surface area (TPSA) is 0 Å². The van der Waals surface area contributed by atoms with Crippen LogP contribution in [0.5, 0.6) is 0 Å². The van der Waals surface area contributed by atoms with Crippen molar-refractivity contribution < 1.29 is 0 Å². The molecule has 0 aliphatic carbocycles. The fraction of sp³-hybridized carbons (Fsp3) is 0. The van der Waals surface area contributed by atoms with Gasteiger partial charge in [0.05, 0.1) is 0 Å². The van der Waals surface area contributed by atoms with Crippen LogP contribution in [0.1, 0.15) is 0 Å². The van der Waals surface area contributed by atoms with Crippen molar-refractivity contribution >= 4 is 11.8 Å². The summed E-state index contributed by atoms with van der Waals surface area (Å²) in [5.41, 5.74) is 0. The smallest absolute Gasteiger partial charge is 0.0262 e. The highest BCUT2D eigenvalue weighted by Crippen LogP contribution is 2.47. The summed E-state index contributed by atoms with van der Waals surface area (Å²) in [6.07, 6.45) is 0. The molecule has 7 heavy (non-hydrogen) atoms. The second-order valence-corrected chi connectivity index (χ2v) is 2.63. The fourth-order valence-corrected chi connectivity index (χ4v) is 1.23. The summed E-state index contributed by atoms with van der Waals surface area (Å²) in [4.78, 5) is 2.89. The molecule has 0 amide bonds. The van der Waals surface area contributed by atoms with Crippen LogP contribution in [0, 0.1) is 0 Å². The maximum atomic E-state index is 2.14. The second-order valence-electron chi connectivity index (χ2n) is 1.55. The summed E-state index contributed by atoms with van der Waals surface area (Å²) >= 11 is 1.86. The van der Waals surface area contributed by atoms with Crippen molar-refractivity contribution in [3.63, 3.8) is 0 Å². The van der Waals surface area contributed by atoms with E-state index in [1.54, 1.807) is 0 Å². The Balaban J connectivity index is 2.73. The summed E-state index contributed by atoms with van der Waals surface area (Å²) in [6, 6.07) is 8.41. The van der Waals surface area contributed by atoms with Crippen LogP contribution in [0.15, 0.2) is 34.1 Å². The first-order chi connectivity index (χ1) is 3.47. The van der Waals surface area contributed by atoms with Gasteiger partial charge in [-0.15, -0.1) is 0 Å². The average Bonchev–Trinajstić information content (AvgIpc) is 2.41. The summed E-state index contributed by atoms with van der Waals surface area (Å²) in [5.74, 6) is 0. The van der Waals surface area contributed by atoms with Crippen molar-refractivity contribution in [3.8, 4) is 0 Å². The molecular weight excluding hydrogens is 104 g/mol. The zero-order valence-corrected chi connectivity index (χ0v) is 4.53. The third-order valence-corrected chi connectivity index (χ3v) is 1.98. The van der Waals surface area contributed by atoms with E-state index in [2.05, 4.69) is 24.3 Å². The first kappa shape index (κ1) is 3.56. The van der Waals surface area contributed by atoms with Crippen molar-refractivity contribution in [3.05, 3.63) is 24.3 Å². The van der Waals surface area contributed by atoms with Gasteiger partial charge >= 0.3 is 0 Å². The molecule has 2 rings (SSSR count). The van der Waals surface area contributed by atoms with Crippen molar-refractivity contribution in [2.75, 3.05) is 0 Å². The van der Waals surface area contributed by atoms with Gasteiger partial charge in [0.1, 0.15) is 0 Å². The molecule has 1 heteroatoms. The first-order valence-electron chi connectivity index (χ1n) is 2.24. The molecule has 1 aromatic carbocycles. The molecule has 1 aliphatic rings. The largest absolute Gasteiger partial charge is 0.0877 e. The van der Waals surface area contributed by atoms with E-state index in [0.29, 0.717) is 0 Å². The van der Waals surface area contributed by atoms with Gasteiger partial charge in [-0.25, -0.2) is 0 Å². The Morgan fingerprint density at radius 1 is 1.00 bits per heavy atom. The minimum Gasteiger partial charge on any atom is -0.0877 e. The Kier molecular flexibility index (Phi) is 0.529. The van der Waals surface area contributed by atoms with Gasteiger partial charge in [0.25, 0.3) is 0 Å². The molecule has 0 aromatic heterocycles. The molecule has 0 spiro atoms. The number of hydrogen-bond acceptors (Lipinski definition) is 1. The highest BCUT2D eigenvalue weighted by atomic mass is 32.2. The number of hydrogen-bond donors (Lipinski definition) is 0. The Morgan fingerprint density at radius 3 is 2.00 bits per heavy atom. The van der Waals surface area contributed by atoms with E-state index in [1.165, 1.54) is 9.79 Å². The Morgan fingerprint density at radius 2 is 1.57 bits per heavy atom. The van der Waals surface area contributed by atoms with Gasteiger partial charge in [-0.05, 0) is 12.1 Å². The summed E-state index contributed by atoms with van der Waals surface area (Å²) < 4.78 is 0. The van der Waals surface area contributed by atoms with Crippen LogP contribution < -0.4 is 0 Å². The van der Waals surface area contributed by atoms with Gasteiger partial charge in [-0.2, -0.15) is 0 Å². The maximum Gasteiger partial charge on any atom is 0.0262 e. The number of rotatable bonds is 0.